The Morgan fingerprint density at radius 2 is 1.95 bits per heavy atom. The fourth-order valence-electron chi connectivity index (χ4n) is 2.05. The van der Waals surface area contributed by atoms with E-state index in [-0.39, 0.29) is 5.91 Å². The Balaban J connectivity index is 2.89. The zero-order chi connectivity index (χ0) is 14.4. The van der Waals surface area contributed by atoms with E-state index in [4.69, 9.17) is 11.6 Å². The van der Waals surface area contributed by atoms with E-state index in [1.165, 1.54) is 0 Å². The van der Waals surface area contributed by atoms with Crippen LogP contribution in [0.4, 0.5) is 0 Å². The molecule has 0 aliphatic heterocycles. The second-order valence-corrected chi connectivity index (χ2v) is 5.94. The average molecular weight is 347 g/mol. The quantitative estimate of drug-likeness (QED) is 0.709. The minimum absolute atomic E-state index is 0.0675. The molecule has 1 aromatic carbocycles. The van der Waals surface area contributed by atoms with Crippen LogP contribution in [-0.4, -0.2) is 23.9 Å². The molecule has 0 atom stereocenters. The van der Waals surface area contributed by atoms with Crippen molar-refractivity contribution in [1.82, 2.24) is 4.90 Å². The fraction of sp³-hybridized carbons (Fsp3) is 0.533. The van der Waals surface area contributed by atoms with E-state index in [0.29, 0.717) is 16.5 Å². The second-order valence-electron chi connectivity index (χ2n) is 4.65. The van der Waals surface area contributed by atoms with Gasteiger partial charge in [0.2, 0.25) is 0 Å². The van der Waals surface area contributed by atoms with E-state index in [9.17, 15) is 4.79 Å². The predicted molar refractivity (Wildman–Crippen MR) is 84.8 cm³/mol. The lowest BCUT2D eigenvalue weighted by molar-refractivity contribution is 0.0734. The molecular weight excluding hydrogens is 326 g/mol. The number of hydrogen-bond donors (Lipinski definition) is 0. The van der Waals surface area contributed by atoms with Crippen molar-refractivity contribution in [2.24, 2.45) is 5.92 Å². The first-order chi connectivity index (χ1) is 9.03. The van der Waals surface area contributed by atoms with Gasteiger partial charge < -0.3 is 4.90 Å². The monoisotopic (exact) mass is 345 g/mol. The summed E-state index contributed by atoms with van der Waals surface area (Å²) >= 11 is 9.32. The molecule has 106 valence electrons. The Hall–Kier alpha value is -0.540. The lowest BCUT2D eigenvalue weighted by atomic mass is 10.0. The summed E-state index contributed by atoms with van der Waals surface area (Å²) in [7, 11) is 0. The Morgan fingerprint density at radius 3 is 2.42 bits per heavy atom. The van der Waals surface area contributed by atoms with E-state index in [1.54, 1.807) is 18.2 Å². The molecule has 0 unspecified atom stereocenters. The second kappa shape index (κ2) is 7.91. The summed E-state index contributed by atoms with van der Waals surface area (Å²) in [6.07, 6.45) is 2.20. The highest BCUT2D eigenvalue weighted by atomic mass is 79.9. The van der Waals surface area contributed by atoms with Crippen molar-refractivity contribution in [3.05, 3.63) is 33.3 Å². The number of hydrogen-bond acceptors (Lipinski definition) is 1. The van der Waals surface area contributed by atoms with Gasteiger partial charge in [0, 0.05) is 22.6 Å². The Labute approximate surface area is 129 Å². The smallest absolute Gasteiger partial charge is 0.254 e. The van der Waals surface area contributed by atoms with Gasteiger partial charge in [-0.1, -0.05) is 38.3 Å². The van der Waals surface area contributed by atoms with E-state index in [0.717, 1.165) is 30.4 Å². The first-order valence-electron chi connectivity index (χ1n) is 6.77. The topological polar surface area (TPSA) is 20.3 Å². The summed E-state index contributed by atoms with van der Waals surface area (Å²) in [4.78, 5) is 14.4. The number of carbonyl (C=O) groups excluding carboxylic acids is 1. The van der Waals surface area contributed by atoms with Crippen LogP contribution in [0.1, 0.15) is 44.0 Å². The van der Waals surface area contributed by atoms with Crippen molar-refractivity contribution >= 4 is 33.4 Å². The summed E-state index contributed by atoms with van der Waals surface area (Å²) < 4.78 is 0.757. The van der Waals surface area contributed by atoms with Crippen molar-refractivity contribution < 1.29 is 4.79 Å². The van der Waals surface area contributed by atoms with Gasteiger partial charge in [-0.05, 0) is 47.0 Å². The molecule has 0 aliphatic carbocycles. The molecule has 19 heavy (non-hydrogen) atoms. The molecule has 0 N–H and O–H groups in total. The van der Waals surface area contributed by atoms with Gasteiger partial charge in [0.05, 0.1) is 5.56 Å². The summed E-state index contributed by atoms with van der Waals surface area (Å²) in [6.45, 7) is 7.90. The number of rotatable bonds is 6. The molecule has 0 spiro atoms. The number of amides is 1. The lowest BCUT2D eigenvalue weighted by Gasteiger charge is -2.26. The van der Waals surface area contributed by atoms with Crippen molar-refractivity contribution in [1.29, 1.82) is 0 Å². The van der Waals surface area contributed by atoms with Crippen molar-refractivity contribution in [2.75, 3.05) is 13.1 Å². The number of carbonyl (C=O) groups is 1. The number of nitrogens with zero attached hydrogens (tertiary/aromatic N) is 1. The molecule has 1 amide bonds. The average Bonchev–Trinajstić information content (AvgIpc) is 2.39. The Bertz CT molecular complexity index is 432. The minimum Gasteiger partial charge on any atom is -0.339 e. The molecule has 0 heterocycles. The molecule has 0 saturated heterocycles. The van der Waals surface area contributed by atoms with Crippen molar-refractivity contribution in [2.45, 2.75) is 33.6 Å². The highest BCUT2D eigenvalue weighted by Crippen LogP contribution is 2.23. The summed E-state index contributed by atoms with van der Waals surface area (Å²) in [5.41, 5.74) is 0.678. The van der Waals surface area contributed by atoms with Crippen molar-refractivity contribution in [3.63, 3.8) is 0 Å². The van der Waals surface area contributed by atoms with E-state index < -0.39 is 0 Å². The summed E-state index contributed by atoms with van der Waals surface area (Å²) in [6, 6.07) is 5.30. The number of benzene rings is 1. The van der Waals surface area contributed by atoms with Crippen LogP contribution in [0.15, 0.2) is 22.7 Å². The van der Waals surface area contributed by atoms with E-state index in [1.807, 2.05) is 11.8 Å². The first-order valence-corrected chi connectivity index (χ1v) is 7.94. The molecule has 0 radical (unpaired) electrons. The van der Waals surface area contributed by atoms with Crippen molar-refractivity contribution in [3.8, 4) is 0 Å². The Morgan fingerprint density at radius 1 is 1.32 bits per heavy atom. The number of halogens is 2. The van der Waals surface area contributed by atoms with Gasteiger partial charge in [0.25, 0.3) is 5.91 Å². The zero-order valence-corrected chi connectivity index (χ0v) is 14.1. The van der Waals surface area contributed by atoms with Crippen LogP contribution in [0.2, 0.25) is 5.02 Å². The molecule has 0 aliphatic rings. The van der Waals surface area contributed by atoms with Crippen LogP contribution in [0.25, 0.3) is 0 Å². The molecule has 4 heteroatoms. The van der Waals surface area contributed by atoms with Crippen LogP contribution < -0.4 is 0 Å². The SMILES string of the molecule is CCC(CC)CN(CC)C(=O)c1ccc(Cl)cc1Br. The predicted octanol–water partition coefficient (Wildman–Crippen LogP) is 5.00. The highest BCUT2D eigenvalue weighted by Gasteiger charge is 2.19. The third kappa shape index (κ3) is 4.50. The third-order valence-electron chi connectivity index (χ3n) is 3.46. The summed E-state index contributed by atoms with van der Waals surface area (Å²) in [5, 5.41) is 0.631. The van der Waals surface area contributed by atoms with Crippen LogP contribution in [0, 0.1) is 5.92 Å². The Kier molecular flexibility index (Phi) is 6.87. The maximum Gasteiger partial charge on any atom is 0.254 e. The van der Waals surface area contributed by atoms with E-state index in [2.05, 4.69) is 29.8 Å². The van der Waals surface area contributed by atoms with Crippen LogP contribution in [-0.2, 0) is 0 Å². The van der Waals surface area contributed by atoms with Gasteiger partial charge in [-0.2, -0.15) is 0 Å². The van der Waals surface area contributed by atoms with Gasteiger partial charge in [0.1, 0.15) is 0 Å². The van der Waals surface area contributed by atoms with Gasteiger partial charge >= 0.3 is 0 Å². The molecule has 1 rings (SSSR count). The molecule has 0 bridgehead atoms. The van der Waals surface area contributed by atoms with Gasteiger partial charge in [-0.3, -0.25) is 4.79 Å². The maximum absolute atomic E-state index is 12.5. The zero-order valence-electron chi connectivity index (χ0n) is 11.7. The highest BCUT2D eigenvalue weighted by molar-refractivity contribution is 9.10. The first kappa shape index (κ1) is 16.5. The maximum atomic E-state index is 12.5. The van der Waals surface area contributed by atoms with Gasteiger partial charge in [-0.15, -0.1) is 0 Å². The molecule has 2 nitrogen and oxygen atoms in total. The van der Waals surface area contributed by atoms with Crippen LogP contribution in [0.3, 0.4) is 0 Å². The standard InChI is InChI=1S/C15H21BrClNO/c1-4-11(5-2)10-18(6-3)15(19)13-8-7-12(17)9-14(13)16/h7-9,11H,4-6,10H2,1-3H3. The molecular formula is C15H21BrClNO. The van der Waals surface area contributed by atoms with Gasteiger partial charge in [-0.25, -0.2) is 0 Å². The van der Waals surface area contributed by atoms with Crippen LogP contribution in [0.5, 0.6) is 0 Å². The molecule has 0 aromatic heterocycles. The lowest BCUT2D eigenvalue weighted by Crippen LogP contribution is -2.35. The normalized spacial score (nSPS) is 10.8. The summed E-state index contributed by atoms with van der Waals surface area (Å²) in [5.74, 6) is 0.632. The fourth-order valence-corrected chi connectivity index (χ4v) is 2.90. The molecule has 1 aromatic rings. The van der Waals surface area contributed by atoms with E-state index >= 15 is 0 Å². The van der Waals surface area contributed by atoms with Gasteiger partial charge in [0.15, 0.2) is 0 Å². The molecule has 0 fully saturated rings. The largest absolute Gasteiger partial charge is 0.339 e. The minimum atomic E-state index is 0.0675. The third-order valence-corrected chi connectivity index (χ3v) is 4.35. The molecule has 0 saturated carbocycles. The van der Waals surface area contributed by atoms with Crippen LogP contribution >= 0.6 is 27.5 Å².